The first-order valence-corrected chi connectivity index (χ1v) is 10.8. The summed E-state index contributed by atoms with van der Waals surface area (Å²) in [7, 11) is 0. The lowest BCUT2D eigenvalue weighted by Gasteiger charge is -2.58. The van der Waals surface area contributed by atoms with Crippen LogP contribution in [0.5, 0.6) is 5.75 Å². The van der Waals surface area contributed by atoms with Crippen molar-refractivity contribution < 1.29 is 13.9 Å². The largest absolute Gasteiger partial charge is 0.490 e. The lowest BCUT2D eigenvalue weighted by molar-refractivity contribution is -0.119. The van der Waals surface area contributed by atoms with Crippen LogP contribution >= 0.6 is 0 Å². The summed E-state index contributed by atoms with van der Waals surface area (Å²) >= 11 is 0. The average Bonchev–Trinajstić information content (AvgIpc) is 2.72. The van der Waals surface area contributed by atoms with E-state index in [1.54, 1.807) is 0 Å². The molecule has 0 bridgehead atoms. The predicted molar refractivity (Wildman–Crippen MR) is 120 cm³/mol. The third-order valence-electron chi connectivity index (χ3n) is 6.67. The molecule has 1 aliphatic carbocycles. The minimum absolute atomic E-state index is 0.104. The van der Waals surface area contributed by atoms with Gasteiger partial charge in [-0.15, -0.1) is 0 Å². The number of carbonyl (C=O) groups is 1. The van der Waals surface area contributed by atoms with E-state index in [1.165, 1.54) is 18.5 Å². The number of benzene rings is 1. The first-order valence-electron chi connectivity index (χ1n) is 10.8. The van der Waals surface area contributed by atoms with Crippen LogP contribution < -0.4 is 10.2 Å². The zero-order valence-corrected chi connectivity index (χ0v) is 18.2. The molecular formula is C24H28FN5O2. The Bertz CT molecular complexity index is 1110. The molecule has 0 amide bonds. The molecule has 2 aromatic rings. The van der Waals surface area contributed by atoms with Crippen LogP contribution in [0.15, 0.2) is 24.4 Å². The highest BCUT2D eigenvalue weighted by atomic mass is 19.1. The number of nitrogens with one attached hydrogen (secondary N) is 3. The van der Waals surface area contributed by atoms with E-state index in [0.29, 0.717) is 28.9 Å². The Morgan fingerprint density at radius 2 is 2.00 bits per heavy atom. The van der Waals surface area contributed by atoms with Crippen molar-refractivity contribution in [3.8, 4) is 5.75 Å². The van der Waals surface area contributed by atoms with E-state index in [-0.39, 0.29) is 22.8 Å². The van der Waals surface area contributed by atoms with Gasteiger partial charge in [0.05, 0.1) is 12.4 Å². The summed E-state index contributed by atoms with van der Waals surface area (Å²) in [6, 6.07) is 5.19. The topological polar surface area (TPSA) is 106 Å². The number of ether oxygens (including phenoxy) is 1. The molecule has 4 rings (SSSR count). The number of nitrogens with zero attached hydrogens (tertiary/aromatic N) is 2. The van der Waals surface area contributed by atoms with Crippen LogP contribution in [0.2, 0.25) is 0 Å². The van der Waals surface area contributed by atoms with Gasteiger partial charge in [-0.25, -0.2) is 4.39 Å². The number of aromatic nitrogens is 1. The number of aryl methyl sites for hydroxylation is 2. The molecule has 1 aliphatic heterocycles. The van der Waals surface area contributed by atoms with E-state index in [2.05, 4.69) is 4.90 Å². The van der Waals surface area contributed by atoms with E-state index in [4.69, 9.17) is 21.0 Å². The molecule has 1 saturated heterocycles. The normalized spacial score (nSPS) is 17.4. The van der Waals surface area contributed by atoms with Crippen molar-refractivity contribution >= 4 is 18.8 Å². The van der Waals surface area contributed by atoms with Crippen LogP contribution in [0.4, 0.5) is 4.39 Å². The smallest absolute Gasteiger partial charge is 0.151 e. The second-order valence-corrected chi connectivity index (χ2v) is 9.00. The van der Waals surface area contributed by atoms with Gasteiger partial charge in [-0.3, -0.25) is 20.2 Å². The Morgan fingerprint density at radius 3 is 2.66 bits per heavy atom. The highest BCUT2D eigenvalue weighted by Gasteiger charge is 2.53. The van der Waals surface area contributed by atoms with Gasteiger partial charge in [-0.05, 0) is 62.4 Å². The van der Waals surface area contributed by atoms with Gasteiger partial charge >= 0.3 is 0 Å². The lowest BCUT2D eigenvalue weighted by atomic mass is 9.61. The Kier molecular flexibility index (Phi) is 6.06. The summed E-state index contributed by atoms with van der Waals surface area (Å²) in [5.41, 5.74) is 2.83. The van der Waals surface area contributed by atoms with Crippen LogP contribution in [-0.2, 0) is 6.42 Å². The molecule has 2 heterocycles. The minimum atomic E-state index is -0.373. The SMILES string of the molecule is Cc1ccc(OC2CC3(C2)CN(CCCc2cc(=N)n(C=N)cc2F)C3)c(C=N)c1C=O. The number of likely N-dealkylation sites (tertiary alicyclic amines) is 1. The Balaban J connectivity index is 1.24. The Hall–Kier alpha value is -3.13. The molecule has 32 heavy (non-hydrogen) atoms. The molecule has 7 nitrogen and oxygen atoms in total. The summed E-state index contributed by atoms with van der Waals surface area (Å²) in [4.78, 5) is 13.7. The van der Waals surface area contributed by atoms with Gasteiger partial charge in [0.15, 0.2) is 6.29 Å². The summed E-state index contributed by atoms with van der Waals surface area (Å²) in [5, 5.41) is 22.6. The molecule has 1 aromatic carbocycles. The van der Waals surface area contributed by atoms with Gasteiger partial charge in [-0.1, -0.05) is 6.07 Å². The third-order valence-corrected chi connectivity index (χ3v) is 6.67. The zero-order chi connectivity index (χ0) is 22.9. The third kappa shape index (κ3) is 4.14. The molecule has 3 N–H and O–H groups in total. The highest BCUT2D eigenvalue weighted by Crippen LogP contribution is 2.49. The predicted octanol–water partition coefficient (Wildman–Crippen LogP) is 3.16. The number of rotatable bonds is 9. The minimum Gasteiger partial charge on any atom is -0.490 e. The first kappa shape index (κ1) is 22.1. The molecule has 2 fully saturated rings. The second kappa shape index (κ2) is 8.78. The van der Waals surface area contributed by atoms with Crippen molar-refractivity contribution in [3.05, 3.63) is 58.0 Å². The van der Waals surface area contributed by atoms with Crippen molar-refractivity contribution in [2.45, 2.75) is 38.7 Å². The monoisotopic (exact) mass is 437 g/mol. The number of halogens is 1. The molecular weight excluding hydrogens is 409 g/mol. The fourth-order valence-electron chi connectivity index (χ4n) is 5.00. The van der Waals surface area contributed by atoms with Gasteiger partial charge < -0.3 is 15.0 Å². The van der Waals surface area contributed by atoms with E-state index < -0.39 is 0 Å². The number of pyridine rings is 1. The average molecular weight is 438 g/mol. The number of hydrogen-bond acceptors (Lipinski definition) is 6. The van der Waals surface area contributed by atoms with Crippen molar-refractivity contribution in [1.82, 2.24) is 9.47 Å². The van der Waals surface area contributed by atoms with Crippen LogP contribution in [0.1, 0.15) is 46.3 Å². The van der Waals surface area contributed by atoms with Crippen LogP contribution in [0.25, 0.3) is 0 Å². The van der Waals surface area contributed by atoms with Gasteiger partial charge in [-0.2, -0.15) is 0 Å². The molecule has 1 saturated carbocycles. The van der Waals surface area contributed by atoms with Gasteiger partial charge in [0, 0.05) is 42.0 Å². The van der Waals surface area contributed by atoms with Crippen molar-refractivity contribution in [2.75, 3.05) is 19.6 Å². The Labute approximate surface area is 186 Å². The molecule has 0 atom stereocenters. The maximum atomic E-state index is 14.1. The van der Waals surface area contributed by atoms with E-state index in [9.17, 15) is 9.18 Å². The maximum Gasteiger partial charge on any atom is 0.151 e. The standard InChI is InChI=1S/C24H28FN5O2/c1-16-4-5-22(19(10-26)20(16)12-31)32-18-8-24(9-18)13-29(14-24)6-2-3-17-7-23(28)30(15-27)11-21(17)25/h4-5,7,10-12,15,18,26-28H,2-3,6,8-9,13-14H2,1H3. The lowest BCUT2D eigenvalue weighted by Crippen LogP contribution is -2.64. The number of carbonyl (C=O) groups excluding carboxylic acids is 1. The van der Waals surface area contributed by atoms with Gasteiger partial charge in [0.1, 0.15) is 17.1 Å². The van der Waals surface area contributed by atoms with Crippen LogP contribution in [0, 0.1) is 34.4 Å². The zero-order valence-electron chi connectivity index (χ0n) is 18.2. The quantitative estimate of drug-likeness (QED) is 0.319. The van der Waals surface area contributed by atoms with E-state index in [1.807, 2.05) is 19.1 Å². The van der Waals surface area contributed by atoms with Crippen LogP contribution in [-0.4, -0.2) is 54.0 Å². The fourth-order valence-corrected chi connectivity index (χ4v) is 5.00. The van der Waals surface area contributed by atoms with E-state index >= 15 is 0 Å². The summed E-state index contributed by atoms with van der Waals surface area (Å²) < 4.78 is 21.4. The molecule has 0 unspecified atom stereocenters. The second-order valence-electron chi connectivity index (χ2n) is 9.00. The summed E-state index contributed by atoms with van der Waals surface area (Å²) in [6.07, 6.45) is 7.51. The van der Waals surface area contributed by atoms with Crippen molar-refractivity contribution in [3.63, 3.8) is 0 Å². The Morgan fingerprint density at radius 1 is 1.25 bits per heavy atom. The molecule has 0 radical (unpaired) electrons. The summed E-state index contributed by atoms with van der Waals surface area (Å²) in [6.45, 7) is 4.75. The van der Waals surface area contributed by atoms with Gasteiger partial charge in [0.25, 0.3) is 0 Å². The van der Waals surface area contributed by atoms with Crippen LogP contribution in [0.3, 0.4) is 0 Å². The van der Waals surface area contributed by atoms with Crippen molar-refractivity contribution in [2.24, 2.45) is 5.41 Å². The molecule has 1 spiro atoms. The highest BCUT2D eigenvalue weighted by molar-refractivity contribution is 5.95. The number of aldehydes is 1. The molecule has 1 aromatic heterocycles. The summed E-state index contributed by atoms with van der Waals surface area (Å²) in [5.74, 6) is 0.230. The van der Waals surface area contributed by atoms with Crippen molar-refractivity contribution in [1.29, 1.82) is 16.2 Å². The van der Waals surface area contributed by atoms with E-state index in [0.717, 1.165) is 61.7 Å². The molecule has 168 valence electrons. The van der Waals surface area contributed by atoms with Gasteiger partial charge in [0.2, 0.25) is 0 Å². The molecule has 2 aliphatic rings. The fraction of sp³-hybridized carbons (Fsp3) is 0.417. The first-order chi connectivity index (χ1) is 15.4. The number of hydrogen-bond donors (Lipinski definition) is 3. The molecule has 8 heteroatoms. The maximum absolute atomic E-state index is 14.1.